The number of aliphatic hydroxyl groups is 1. The molecular formula is C17H18FNO3. The molecule has 1 fully saturated rings. The summed E-state index contributed by atoms with van der Waals surface area (Å²) in [4.78, 5) is 12.1. The smallest absolute Gasteiger partial charge is 0.223 e. The van der Waals surface area contributed by atoms with Gasteiger partial charge < -0.3 is 14.8 Å². The molecule has 5 heteroatoms. The van der Waals surface area contributed by atoms with Crippen LogP contribution in [-0.4, -0.2) is 17.6 Å². The van der Waals surface area contributed by atoms with Crippen LogP contribution in [-0.2, 0) is 10.4 Å². The van der Waals surface area contributed by atoms with Crippen molar-refractivity contribution in [3.05, 3.63) is 59.8 Å². The number of rotatable bonds is 5. The maximum Gasteiger partial charge on any atom is 0.223 e. The van der Waals surface area contributed by atoms with Crippen LogP contribution in [0.1, 0.15) is 30.6 Å². The van der Waals surface area contributed by atoms with E-state index in [9.17, 15) is 14.3 Å². The zero-order chi connectivity index (χ0) is 15.7. The molecular weight excluding hydrogens is 285 g/mol. The Hall–Kier alpha value is -2.14. The van der Waals surface area contributed by atoms with E-state index in [-0.39, 0.29) is 30.1 Å². The van der Waals surface area contributed by atoms with E-state index < -0.39 is 5.60 Å². The summed E-state index contributed by atoms with van der Waals surface area (Å²) in [7, 11) is 0. The first kappa shape index (κ1) is 14.8. The summed E-state index contributed by atoms with van der Waals surface area (Å²) >= 11 is 0. The Morgan fingerprint density at radius 1 is 1.41 bits per heavy atom. The molecule has 1 amide bonds. The predicted molar refractivity (Wildman–Crippen MR) is 78.5 cm³/mol. The van der Waals surface area contributed by atoms with Gasteiger partial charge in [-0.05, 0) is 43.2 Å². The first-order chi connectivity index (χ1) is 10.5. The zero-order valence-corrected chi connectivity index (χ0v) is 12.3. The second kappa shape index (κ2) is 5.57. The van der Waals surface area contributed by atoms with Gasteiger partial charge in [-0.3, -0.25) is 4.79 Å². The highest BCUT2D eigenvalue weighted by Crippen LogP contribution is 2.47. The summed E-state index contributed by atoms with van der Waals surface area (Å²) in [6.45, 7) is 1.68. The molecule has 22 heavy (non-hydrogen) atoms. The van der Waals surface area contributed by atoms with Crippen LogP contribution in [0.15, 0.2) is 47.1 Å². The van der Waals surface area contributed by atoms with Crippen LogP contribution in [0.25, 0.3) is 0 Å². The Bertz CT molecular complexity index is 649. The van der Waals surface area contributed by atoms with Gasteiger partial charge in [0.25, 0.3) is 0 Å². The minimum atomic E-state index is -1.24. The van der Waals surface area contributed by atoms with Crippen LogP contribution in [0.2, 0.25) is 0 Å². The van der Waals surface area contributed by atoms with Gasteiger partial charge in [0.15, 0.2) is 0 Å². The molecule has 0 aliphatic heterocycles. The summed E-state index contributed by atoms with van der Waals surface area (Å²) in [5, 5.41) is 13.2. The Morgan fingerprint density at radius 2 is 2.14 bits per heavy atom. The summed E-state index contributed by atoms with van der Waals surface area (Å²) < 4.78 is 18.2. The van der Waals surface area contributed by atoms with Crippen LogP contribution in [0.3, 0.4) is 0 Å². The van der Waals surface area contributed by atoms with E-state index in [0.29, 0.717) is 5.56 Å². The molecule has 0 spiro atoms. The molecule has 1 heterocycles. The van der Waals surface area contributed by atoms with Crippen molar-refractivity contribution in [2.45, 2.75) is 24.9 Å². The number of benzene rings is 1. The van der Waals surface area contributed by atoms with Crippen LogP contribution >= 0.6 is 0 Å². The fraction of sp³-hybridized carbons (Fsp3) is 0.353. The van der Waals surface area contributed by atoms with Gasteiger partial charge in [-0.25, -0.2) is 4.39 Å². The number of furan rings is 1. The molecule has 1 aromatic heterocycles. The molecule has 2 N–H and O–H groups in total. The Morgan fingerprint density at radius 3 is 2.77 bits per heavy atom. The quantitative estimate of drug-likeness (QED) is 0.892. The highest BCUT2D eigenvalue weighted by atomic mass is 19.1. The normalized spacial score (nSPS) is 22.9. The van der Waals surface area contributed by atoms with Crippen LogP contribution < -0.4 is 5.32 Å². The Kier molecular flexibility index (Phi) is 3.74. The first-order valence-corrected chi connectivity index (χ1v) is 7.27. The van der Waals surface area contributed by atoms with Crippen molar-refractivity contribution < 1.29 is 18.7 Å². The molecule has 0 radical (unpaired) electrons. The average molecular weight is 303 g/mol. The van der Waals surface area contributed by atoms with Crippen molar-refractivity contribution in [2.24, 2.45) is 5.92 Å². The number of hydrogen-bond donors (Lipinski definition) is 2. The number of hydrogen-bond acceptors (Lipinski definition) is 3. The SMILES string of the molecule is CC(O)(CNC(=O)C1CC1c1ccco1)c1ccc(F)cc1. The summed E-state index contributed by atoms with van der Waals surface area (Å²) in [6.07, 6.45) is 2.36. The van der Waals surface area contributed by atoms with Gasteiger partial charge in [-0.1, -0.05) is 12.1 Å². The van der Waals surface area contributed by atoms with Crippen LogP contribution in [0.4, 0.5) is 4.39 Å². The highest BCUT2D eigenvalue weighted by molar-refractivity contribution is 5.82. The summed E-state index contributed by atoms with van der Waals surface area (Å²) in [5.41, 5.74) is -0.675. The van der Waals surface area contributed by atoms with Crippen molar-refractivity contribution in [1.29, 1.82) is 0 Å². The minimum Gasteiger partial charge on any atom is -0.469 e. The van der Waals surface area contributed by atoms with E-state index in [4.69, 9.17) is 4.42 Å². The summed E-state index contributed by atoms with van der Waals surface area (Å²) in [5.74, 6) is 0.401. The number of carbonyl (C=O) groups excluding carboxylic acids is 1. The lowest BCUT2D eigenvalue weighted by atomic mass is 9.96. The lowest BCUT2D eigenvalue weighted by Crippen LogP contribution is -2.39. The summed E-state index contributed by atoms with van der Waals surface area (Å²) in [6, 6.07) is 9.29. The van der Waals surface area contributed by atoms with Crippen molar-refractivity contribution >= 4 is 5.91 Å². The van der Waals surface area contributed by atoms with Crippen molar-refractivity contribution in [3.8, 4) is 0 Å². The van der Waals surface area contributed by atoms with E-state index in [1.165, 1.54) is 24.3 Å². The number of amides is 1. The van der Waals surface area contributed by atoms with Gasteiger partial charge in [0.1, 0.15) is 17.2 Å². The van der Waals surface area contributed by atoms with Crippen molar-refractivity contribution in [3.63, 3.8) is 0 Å². The monoisotopic (exact) mass is 303 g/mol. The predicted octanol–water partition coefficient (Wildman–Crippen LogP) is 2.55. The number of halogens is 1. The Balaban J connectivity index is 1.56. The zero-order valence-electron chi connectivity index (χ0n) is 12.3. The van der Waals surface area contributed by atoms with Gasteiger partial charge in [-0.15, -0.1) is 0 Å². The fourth-order valence-electron chi connectivity index (χ4n) is 2.60. The fourth-order valence-corrected chi connectivity index (χ4v) is 2.60. The van der Waals surface area contributed by atoms with E-state index in [1.54, 1.807) is 13.2 Å². The molecule has 0 saturated heterocycles. The maximum atomic E-state index is 12.9. The molecule has 4 nitrogen and oxygen atoms in total. The first-order valence-electron chi connectivity index (χ1n) is 7.27. The van der Waals surface area contributed by atoms with Gasteiger partial charge in [0, 0.05) is 11.8 Å². The molecule has 1 aliphatic rings. The minimum absolute atomic E-state index is 0.0822. The van der Waals surface area contributed by atoms with E-state index in [2.05, 4.69) is 5.32 Å². The largest absolute Gasteiger partial charge is 0.469 e. The van der Waals surface area contributed by atoms with Gasteiger partial charge in [0.05, 0.1) is 12.8 Å². The maximum absolute atomic E-state index is 12.9. The van der Waals surface area contributed by atoms with Gasteiger partial charge >= 0.3 is 0 Å². The van der Waals surface area contributed by atoms with E-state index in [1.807, 2.05) is 12.1 Å². The Labute approximate surface area is 128 Å². The lowest BCUT2D eigenvalue weighted by Gasteiger charge is -2.24. The topological polar surface area (TPSA) is 62.5 Å². The van der Waals surface area contributed by atoms with Crippen molar-refractivity contribution in [2.75, 3.05) is 6.54 Å². The van der Waals surface area contributed by atoms with E-state index >= 15 is 0 Å². The standard InChI is InChI=1S/C17H18FNO3/c1-17(21,11-4-6-12(18)7-5-11)10-19-16(20)14-9-13(14)15-3-2-8-22-15/h2-8,13-14,21H,9-10H2,1H3,(H,19,20). The molecule has 116 valence electrons. The molecule has 1 aromatic carbocycles. The van der Waals surface area contributed by atoms with Crippen LogP contribution in [0, 0.1) is 11.7 Å². The number of carbonyl (C=O) groups is 1. The lowest BCUT2D eigenvalue weighted by molar-refractivity contribution is -0.123. The second-order valence-electron chi connectivity index (χ2n) is 5.96. The molecule has 2 aromatic rings. The molecule has 1 saturated carbocycles. The third kappa shape index (κ3) is 3.04. The van der Waals surface area contributed by atoms with Gasteiger partial charge in [-0.2, -0.15) is 0 Å². The van der Waals surface area contributed by atoms with Crippen LogP contribution in [0.5, 0.6) is 0 Å². The number of nitrogens with one attached hydrogen (secondary N) is 1. The molecule has 0 bridgehead atoms. The molecule has 3 atom stereocenters. The molecule has 3 unspecified atom stereocenters. The van der Waals surface area contributed by atoms with E-state index in [0.717, 1.165) is 12.2 Å². The highest BCUT2D eigenvalue weighted by Gasteiger charge is 2.46. The molecule has 1 aliphatic carbocycles. The third-order valence-electron chi connectivity index (χ3n) is 4.11. The third-order valence-corrected chi connectivity index (χ3v) is 4.11. The van der Waals surface area contributed by atoms with Crippen molar-refractivity contribution in [1.82, 2.24) is 5.32 Å². The second-order valence-corrected chi connectivity index (χ2v) is 5.96. The molecule has 3 rings (SSSR count). The van der Waals surface area contributed by atoms with Gasteiger partial charge in [0.2, 0.25) is 5.91 Å². The average Bonchev–Trinajstić information content (AvgIpc) is 3.11.